The summed E-state index contributed by atoms with van der Waals surface area (Å²) in [6.45, 7) is 6.85. The lowest BCUT2D eigenvalue weighted by Crippen LogP contribution is -2.49. The predicted octanol–water partition coefficient (Wildman–Crippen LogP) is 3.87. The summed E-state index contributed by atoms with van der Waals surface area (Å²) >= 11 is 0. The second-order valence-electron chi connectivity index (χ2n) is 7.32. The summed E-state index contributed by atoms with van der Waals surface area (Å²) in [6, 6.07) is 13.4. The number of nitrogens with zero attached hydrogens (tertiary/aromatic N) is 1. The van der Waals surface area contributed by atoms with Crippen LogP contribution >= 0.6 is 0 Å². The van der Waals surface area contributed by atoms with Crippen molar-refractivity contribution >= 4 is 11.9 Å². The van der Waals surface area contributed by atoms with Crippen molar-refractivity contribution in [1.29, 1.82) is 0 Å². The first-order valence-corrected chi connectivity index (χ1v) is 9.01. The average molecular weight is 351 g/mol. The molecule has 1 N–H and O–H groups in total. The molecule has 0 atom stereocenters. The van der Waals surface area contributed by atoms with Crippen LogP contribution in [0.25, 0.3) is 0 Å². The fourth-order valence-corrected chi connectivity index (χ4v) is 4.15. The summed E-state index contributed by atoms with van der Waals surface area (Å²) in [7, 11) is 0. The third kappa shape index (κ3) is 3.12. The maximum Gasteiger partial charge on any atom is 0.314 e. The lowest BCUT2D eigenvalue weighted by atomic mass is 9.72. The van der Waals surface area contributed by atoms with Crippen LogP contribution in [0.1, 0.15) is 45.5 Å². The molecule has 0 aromatic heterocycles. The number of carboxylic acids is 1. The lowest BCUT2D eigenvalue weighted by Gasteiger charge is -2.39. The van der Waals surface area contributed by atoms with Gasteiger partial charge in [0.05, 0.1) is 5.41 Å². The number of piperidine rings is 1. The number of carbonyl (C=O) groups is 2. The zero-order valence-electron chi connectivity index (χ0n) is 15.6. The molecule has 0 bridgehead atoms. The molecule has 0 unspecified atom stereocenters. The van der Waals surface area contributed by atoms with Crippen LogP contribution < -0.4 is 0 Å². The molecule has 3 rings (SSSR count). The Labute approximate surface area is 154 Å². The predicted molar refractivity (Wildman–Crippen MR) is 102 cm³/mol. The summed E-state index contributed by atoms with van der Waals surface area (Å²) in [6.07, 6.45) is 0.865. The molecule has 1 fully saturated rings. The van der Waals surface area contributed by atoms with E-state index in [1.165, 1.54) is 0 Å². The molecule has 0 radical (unpaired) electrons. The molecular formula is C22H25NO3. The highest BCUT2D eigenvalue weighted by atomic mass is 16.4. The largest absolute Gasteiger partial charge is 0.481 e. The van der Waals surface area contributed by atoms with Crippen molar-refractivity contribution in [2.24, 2.45) is 0 Å². The quantitative estimate of drug-likeness (QED) is 0.913. The minimum Gasteiger partial charge on any atom is -0.481 e. The number of carbonyl (C=O) groups excluding carboxylic acids is 1. The molecule has 0 spiro atoms. The SMILES string of the molecule is Cc1cc(C)c(C(=O)N2CCC(C(=O)O)(c3ccccc3)CC2)c(C)c1. The summed E-state index contributed by atoms with van der Waals surface area (Å²) in [5.41, 5.74) is 3.76. The molecule has 0 saturated carbocycles. The first-order chi connectivity index (χ1) is 12.3. The summed E-state index contributed by atoms with van der Waals surface area (Å²) in [5.74, 6) is -0.800. The van der Waals surface area contributed by atoms with E-state index in [0.717, 1.165) is 27.8 Å². The molecule has 0 aliphatic carbocycles. The van der Waals surface area contributed by atoms with E-state index in [1.54, 1.807) is 4.90 Å². The Hall–Kier alpha value is -2.62. The fourth-order valence-electron chi connectivity index (χ4n) is 4.15. The molecule has 2 aromatic carbocycles. The Kier molecular flexibility index (Phi) is 4.86. The van der Waals surface area contributed by atoms with Crippen molar-refractivity contribution in [3.63, 3.8) is 0 Å². The van der Waals surface area contributed by atoms with Gasteiger partial charge in [0.1, 0.15) is 0 Å². The van der Waals surface area contributed by atoms with Gasteiger partial charge in [-0.15, -0.1) is 0 Å². The molecule has 1 aliphatic rings. The Morgan fingerprint density at radius 1 is 0.962 bits per heavy atom. The van der Waals surface area contributed by atoms with Gasteiger partial charge in [0, 0.05) is 18.7 Å². The maximum absolute atomic E-state index is 13.0. The Morgan fingerprint density at radius 3 is 2.00 bits per heavy atom. The minimum absolute atomic E-state index is 0.00653. The van der Waals surface area contributed by atoms with Gasteiger partial charge in [0.25, 0.3) is 5.91 Å². The van der Waals surface area contributed by atoms with Crippen LogP contribution in [0.5, 0.6) is 0 Å². The zero-order valence-corrected chi connectivity index (χ0v) is 15.6. The Balaban J connectivity index is 1.84. The lowest BCUT2D eigenvalue weighted by molar-refractivity contribution is -0.145. The number of benzene rings is 2. The average Bonchev–Trinajstić information content (AvgIpc) is 2.61. The van der Waals surface area contributed by atoms with E-state index in [1.807, 2.05) is 63.2 Å². The van der Waals surface area contributed by atoms with Gasteiger partial charge >= 0.3 is 5.97 Å². The van der Waals surface area contributed by atoms with E-state index in [4.69, 9.17) is 0 Å². The molecule has 136 valence electrons. The third-order valence-corrected chi connectivity index (χ3v) is 5.53. The summed E-state index contributed by atoms with van der Waals surface area (Å²) < 4.78 is 0. The molecule has 26 heavy (non-hydrogen) atoms. The molecular weight excluding hydrogens is 326 g/mol. The highest BCUT2D eigenvalue weighted by Gasteiger charge is 2.44. The van der Waals surface area contributed by atoms with Crippen molar-refractivity contribution in [3.05, 3.63) is 70.3 Å². The van der Waals surface area contributed by atoms with Crippen molar-refractivity contribution < 1.29 is 14.7 Å². The number of aryl methyl sites for hydroxylation is 3. The van der Waals surface area contributed by atoms with Gasteiger partial charge in [-0.1, -0.05) is 48.0 Å². The molecule has 4 nitrogen and oxygen atoms in total. The maximum atomic E-state index is 13.0. The van der Waals surface area contributed by atoms with E-state index in [2.05, 4.69) is 0 Å². The van der Waals surface area contributed by atoms with Crippen LogP contribution in [-0.4, -0.2) is 35.0 Å². The second kappa shape index (κ2) is 6.94. The van der Waals surface area contributed by atoms with Crippen molar-refractivity contribution in [1.82, 2.24) is 4.90 Å². The van der Waals surface area contributed by atoms with Gasteiger partial charge in [-0.05, 0) is 50.3 Å². The smallest absolute Gasteiger partial charge is 0.314 e. The number of carboxylic acid groups (broad SMARTS) is 1. The highest BCUT2D eigenvalue weighted by Crippen LogP contribution is 2.36. The van der Waals surface area contributed by atoms with Gasteiger partial charge in [-0.2, -0.15) is 0 Å². The van der Waals surface area contributed by atoms with E-state index in [0.29, 0.717) is 25.9 Å². The van der Waals surface area contributed by atoms with E-state index >= 15 is 0 Å². The summed E-state index contributed by atoms with van der Waals surface area (Å²) in [5, 5.41) is 9.90. The van der Waals surface area contributed by atoms with Gasteiger partial charge in [0.2, 0.25) is 0 Å². The van der Waals surface area contributed by atoms with Crippen LogP contribution in [-0.2, 0) is 10.2 Å². The number of likely N-dealkylation sites (tertiary alicyclic amines) is 1. The van der Waals surface area contributed by atoms with Crippen molar-refractivity contribution in [2.45, 2.75) is 39.0 Å². The van der Waals surface area contributed by atoms with Gasteiger partial charge in [-0.3, -0.25) is 9.59 Å². The second-order valence-corrected chi connectivity index (χ2v) is 7.32. The Morgan fingerprint density at radius 2 is 1.50 bits per heavy atom. The van der Waals surface area contributed by atoms with Crippen LogP contribution in [0, 0.1) is 20.8 Å². The molecule has 4 heteroatoms. The fraction of sp³-hybridized carbons (Fsp3) is 0.364. The molecule has 2 aromatic rings. The first-order valence-electron chi connectivity index (χ1n) is 9.01. The standard InChI is InChI=1S/C22H25NO3/c1-15-13-16(2)19(17(3)14-15)20(24)23-11-9-22(10-12-23,21(25)26)18-7-5-4-6-8-18/h4-8,13-14H,9-12H2,1-3H3,(H,25,26). The zero-order chi connectivity index (χ0) is 18.9. The molecule has 1 amide bonds. The van der Waals surface area contributed by atoms with Gasteiger partial charge in [0.15, 0.2) is 0 Å². The summed E-state index contributed by atoms with van der Waals surface area (Å²) in [4.78, 5) is 26.9. The van der Waals surface area contributed by atoms with Crippen LogP contribution in [0.4, 0.5) is 0 Å². The Bertz CT molecular complexity index is 811. The van der Waals surface area contributed by atoms with Gasteiger partial charge < -0.3 is 10.0 Å². The number of amides is 1. The van der Waals surface area contributed by atoms with Crippen molar-refractivity contribution in [2.75, 3.05) is 13.1 Å². The minimum atomic E-state index is -0.907. The first kappa shape index (κ1) is 18.2. The van der Waals surface area contributed by atoms with E-state index in [-0.39, 0.29) is 5.91 Å². The van der Waals surface area contributed by atoms with Crippen LogP contribution in [0.2, 0.25) is 0 Å². The van der Waals surface area contributed by atoms with E-state index < -0.39 is 11.4 Å². The molecule has 1 heterocycles. The molecule has 1 aliphatic heterocycles. The third-order valence-electron chi connectivity index (χ3n) is 5.53. The highest BCUT2D eigenvalue weighted by molar-refractivity contribution is 5.97. The monoisotopic (exact) mass is 351 g/mol. The van der Waals surface area contributed by atoms with Crippen LogP contribution in [0.15, 0.2) is 42.5 Å². The molecule has 1 saturated heterocycles. The number of aliphatic carboxylic acids is 1. The van der Waals surface area contributed by atoms with E-state index in [9.17, 15) is 14.7 Å². The number of hydrogen-bond acceptors (Lipinski definition) is 2. The number of rotatable bonds is 3. The topological polar surface area (TPSA) is 57.6 Å². The normalized spacial score (nSPS) is 16.3. The van der Waals surface area contributed by atoms with Gasteiger partial charge in [-0.25, -0.2) is 0 Å². The number of hydrogen-bond donors (Lipinski definition) is 1. The van der Waals surface area contributed by atoms with Crippen LogP contribution in [0.3, 0.4) is 0 Å². The van der Waals surface area contributed by atoms with Crippen molar-refractivity contribution in [3.8, 4) is 0 Å².